The summed E-state index contributed by atoms with van der Waals surface area (Å²) in [6, 6.07) is 11.3. The van der Waals surface area contributed by atoms with Crippen LogP contribution in [0.15, 0.2) is 46.9 Å². The molecular weight excluding hydrogens is 421 g/mol. The Labute approximate surface area is 164 Å². The first-order valence-corrected chi connectivity index (χ1v) is 9.67. The van der Waals surface area contributed by atoms with Crippen LogP contribution >= 0.6 is 15.9 Å². The molecule has 1 saturated carbocycles. The SMILES string of the molecule is CC.FC(F)Oc1ccccc1.Fc1cc2nc3n(c2cc1Br)CC1CC31. The molecule has 0 spiro atoms. The van der Waals surface area contributed by atoms with Crippen molar-refractivity contribution in [3.05, 3.63) is 58.6 Å². The van der Waals surface area contributed by atoms with Crippen molar-refractivity contribution in [2.45, 2.75) is 39.3 Å². The maximum atomic E-state index is 13.3. The van der Waals surface area contributed by atoms with Crippen LogP contribution in [0.3, 0.4) is 0 Å². The molecule has 1 aromatic heterocycles. The van der Waals surface area contributed by atoms with E-state index in [4.69, 9.17) is 0 Å². The zero-order valence-electron chi connectivity index (χ0n) is 15.0. The third kappa shape index (κ3) is 4.29. The van der Waals surface area contributed by atoms with Crippen LogP contribution in [-0.2, 0) is 6.54 Å². The summed E-state index contributed by atoms with van der Waals surface area (Å²) in [5.74, 6) is 2.58. The van der Waals surface area contributed by atoms with E-state index in [1.54, 1.807) is 18.2 Å². The van der Waals surface area contributed by atoms with E-state index in [0.717, 1.165) is 29.3 Å². The number of aromatic nitrogens is 2. The predicted octanol–water partition coefficient (Wildman–Crippen LogP) is 6.37. The topological polar surface area (TPSA) is 27.1 Å². The Morgan fingerprint density at radius 1 is 1.19 bits per heavy atom. The Morgan fingerprint density at radius 3 is 2.56 bits per heavy atom. The van der Waals surface area contributed by atoms with Gasteiger partial charge in [0.25, 0.3) is 0 Å². The first kappa shape index (κ1) is 19.7. The summed E-state index contributed by atoms with van der Waals surface area (Å²) in [5.41, 5.74) is 1.85. The summed E-state index contributed by atoms with van der Waals surface area (Å²) in [4.78, 5) is 4.52. The molecule has 2 unspecified atom stereocenters. The minimum Gasteiger partial charge on any atom is -0.435 e. The maximum Gasteiger partial charge on any atom is 0.387 e. The van der Waals surface area contributed by atoms with Gasteiger partial charge in [-0.1, -0.05) is 32.0 Å². The van der Waals surface area contributed by atoms with Crippen LogP contribution in [-0.4, -0.2) is 16.2 Å². The monoisotopic (exact) mass is 440 g/mol. The number of hydrogen-bond acceptors (Lipinski definition) is 2. The highest BCUT2D eigenvalue weighted by Gasteiger charge is 2.47. The van der Waals surface area contributed by atoms with E-state index in [1.807, 2.05) is 19.9 Å². The summed E-state index contributed by atoms with van der Waals surface area (Å²) < 4.78 is 43.2. The van der Waals surface area contributed by atoms with Gasteiger partial charge in [0.15, 0.2) is 0 Å². The number of hydrogen-bond donors (Lipinski definition) is 0. The van der Waals surface area contributed by atoms with E-state index < -0.39 is 6.61 Å². The lowest BCUT2D eigenvalue weighted by Crippen LogP contribution is -2.00. The Hall–Kier alpha value is -2.02. The largest absolute Gasteiger partial charge is 0.435 e. The number of rotatable bonds is 2. The number of nitrogens with zero attached hydrogens (tertiary/aromatic N) is 2. The number of fused-ring (bicyclic) bond motifs is 5. The lowest BCUT2D eigenvalue weighted by Gasteiger charge is -2.01. The molecule has 0 radical (unpaired) electrons. The van der Waals surface area contributed by atoms with Gasteiger partial charge in [-0.05, 0) is 46.5 Å². The van der Waals surface area contributed by atoms with Gasteiger partial charge in [0, 0.05) is 18.5 Å². The van der Waals surface area contributed by atoms with E-state index in [-0.39, 0.29) is 11.6 Å². The normalized spacial score (nSPS) is 18.8. The molecule has 5 rings (SSSR count). The molecule has 3 aromatic rings. The molecule has 2 aliphatic rings. The van der Waals surface area contributed by atoms with Crippen molar-refractivity contribution in [2.24, 2.45) is 5.92 Å². The Morgan fingerprint density at radius 2 is 1.89 bits per heavy atom. The number of imidazole rings is 1. The zero-order valence-corrected chi connectivity index (χ0v) is 16.6. The second kappa shape index (κ2) is 8.33. The van der Waals surface area contributed by atoms with E-state index in [9.17, 15) is 13.2 Å². The molecular formula is C20H20BrF3N2O. The van der Waals surface area contributed by atoms with Crippen LogP contribution in [0.25, 0.3) is 11.0 Å². The maximum absolute atomic E-state index is 13.3. The summed E-state index contributed by atoms with van der Waals surface area (Å²) in [6.45, 7) is 2.33. The van der Waals surface area contributed by atoms with E-state index in [1.165, 1.54) is 24.6 Å². The number of para-hydroxylation sites is 1. The molecule has 0 saturated heterocycles. The molecule has 1 aliphatic heterocycles. The zero-order chi connectivity index (χ0) is 19.6. The summed E-state index contributed by atoms with van der Waals surface area (Å²) in [7, 11) is 0. The van der Waals surface area contributed by atoms with Gasteiger partial charge >= 0.3 is 6.61 Å². The lowest BCUT2D eigenvalue weighted by molar-refractivity contribution is -0.0498. The minimum atomic E-state index is -2.73. The molecule has 1 fully saturated rings. The first-order chi connectivity index (χ1) is 13.0. The highest BCUT2D eigenvalue weighted by atomic mass is 79.9. The molecule has 2 aromatic carbocycles. The minimum absolute atomic E-state index is 0.192. The molecule has 7 heteroatoms. The predicted molar refractivity (Wildman–Crippen MR) is 103 cm³/mol. The highest BCUT2D eigenvalue weighted by Crippen LogP contribution is 2.54. The molecule has 27 heavy (non-hydrogen) atoms. The number of halogens is 4. The van der Waals surface area contributed by atoms with Crippen molar-refractivity contribution in [3.8, 4) is 5.75 Å². The van der Waals surface area contributed by atoms with Gasteiger partial charge < -0.3 is 9.30 Å². The van der Waals surface area contributed by atoms with Crippen molar-refractivity contribution >= 4 is 27.0 Å². The van der Waals surface area contributed by atoms with Crippen molar-refractivity contribution in [1.29, 1.82) is 0 Å². The van der Waals surface area contributed by atoms with Gasteiger partial charge in [0.1, 0.15) is 17.4 Å². The summed E-state index contributed by atoms with van der Waals surface area (Å²) in [6.07, 6.45) is 1.27. The van der Waals surface area contributed by atoms with Crippen LogP contribution < -0.4 is 4.74 Å². The third-order valence-corrected chi connectivity index (χ3v) is 5.07. The molecule has 2 atom stereocenters. The highest BCUT2D eigenvalue weighted by molar-refractivity contribution is 9.10. The van der Waals surface area contributed by atoms with Crippen LogP contribution in [0, 0.1) is 11.7 Å². The van der Waals surface area contributed by atoms with E-state index in [2.05, 4.69) is 30.2 Å². The van der Waals surface area contributed by atoms with Crippen molar-refractivity contribution in [1.82, 2.24) is 9.55 Å². The van der Waals surface area contributed by atoms with Crippen LogP contribution in [0.2, 0.25) is 0 Å². The van der Waals surface area contributed by atoms with Crippen LogP contribution in [0.5, 0.6) is 5.75 Å². The van der Waals surface area contributed by atoms with Gasteiger partial charge in [-0.25, -0.2) is 9.37 Å². The molecule has 1 aliphatic carbocycles. The van der Waals surface area contributed by atoms with Gasteiger partial charge in [-0.15, -0.1) is 0 Å². The number of benzene rings is 2. The molecule has 0 amide bonds. The number of ether oxygens (including phenoxy) is 1. The summed E-state index contributed by atoms with van der Waals surface area (Å²) in [5, 5.41) is 0. The molecule has 3 nitrogen and oxygen atoms in total. The van der Waals surface area contributed by atoms with Gasteiger partial charge in [0.05, 0.1) is 15.5 Å². The second-order valence-corrected chi connectivity index (χ2v) is 6.98. The fourth-order valence-electron chi connectivity index (χ4n) is 3.22. The van der Waals surface area contributed by atoms with Crippen molar-refractivity contribution in [3.63, 3.8) is 0 Å². The van der Waals surface area contributed by atoms with E-state index >= 15 is 0 Å². The number of alkyl halides is 2. The second-order valence-electron chi connectivity index (χ2n) is 6.13. The summed E-state index contributed by atoms with van der Waals surface area (Å²) >= 11 is 3.22. The Balaban J connectivity index is 0.000000154. The molecule has 144 valence electrons. The Kier molecular flexibility index (Phi) is 6.09. The van der Waals surface area contributed by atoms with Crippen molar-refractivity contribution < 1.29 is 17.9 Å². The average molecular weight is 441 g/mol. The first-order valence-electron chi connectivity index (χ1n) is 8.88. The molecule has 0 N–H and O–H groups in total. The average Bonchev–Trinajstić information content (AvgIpc) is 3.22. The van der Waals surface area contributed by atoms with E-state index in [0.29, 0.717) is 10.4 Å². The van der Waals surface area contributed by atoms with Gasteiger partial charge in [0.2, 0.25) is 0 Å². The fourth-order valence-corrected chi connectivity index (χ4v) is 3.55. The fraction of sp³-hybridized carbons (Fsp3) is 0.350. The lowest BCUT2D eigenvalue weighted by atomic mass is 10.3. The standard InChI is InChI=1S/C11H8BrFN2.C7H6F2O.C2H6/c12-7-2-10-9(3-8(7)13)14-11-6-1-5(6)4-15(10)11;8-7(9)10-6-4-2-1-3-5-6;1-2/h2-3,5-6H,1,4H2;1-5,7H;1-2H3. The van der Waals surface area contributed by atoms with Gasteiger partial charge in [-0.3, -0.25) is 0 Å². The third-order valence-electron chi connectivity index (χ3n) is 4.46. The quantitative estimate of drug-likeness (QED) is 0.462. The van der Waals surface area contributed by atoms with Gasteiger partial charge in [-0.2, -0.15) is 8.78 Å². The molecule has 2 heterocycles. The smallest absolute Gasteiger partial charge is 0.387 e. The van der Waals surface area contributed by atoms with Crippen molar-refractivity contribution in [2.75, 3.05) is 0 Å². The molecule has 0 bridgehead atoms. The Bertz CT molecular complexity index is 914. The van der Waals surface area contributed by atoms with Crippen LogP contribution in [0.4, 0.5) is 13.2 Å². The van der Waals surface area contributed by atoms with Crippen LogP contribution in [0.1, 0.15) is 32.0 Å².